The second-order valence-corrected chi connectivity index (χ2v) is 30.2. The van der Waals surface area contributed by atoms with Crippen LogP contribution in [0.2, 0.25) is 0 Å². The Morgan fingerprint density at radius 2 is 0.529 bits per heavy atom. The van der Waals surface area contributed by atoms with Gasteiger partial charge in [0.1, 0.15) is 6.15 Å². The molecule has 0 bridgehead atoms. The molecular weight excluding hydrogens is 1320 g/mol. The van der Waals surface area contributed by atoms with Crippen LogP contribution in [0.4, 0.5) is 105 Å². The summed E-state index contributed by atoms with van der Waals surface area (Å²) in [5.74, 6) is 0. The van der Waals surface area contributed by atoms with E-state index in [1.807, 2.05) is 0 Å². The number of nitrogens with one attached hydrogen (secondary N) is 1. The zero-order chi connectivity index (χ0) is 64.9. The summed E-state index contributed by atoms with van der Waals surface area (Å²) in [4.78, 5) is 1.59. The number of hydrogen-bond donors (Lipinski definition) is 1. The van der Waals surface area contributed by atoms with Crippen LogP contribution in [0.1, 0.15) is 106 Å². The monoisotopic (exact) mass is 1380 g/mol. The van der Waals surface area contributed by atoms with Crippen molar-refractivity contribution in [1.29, 1.82) is 0 Å². The van der Waals surface area contributed by atoms with Crippen LogP contribution in [0.25, 0.3) is 0 Å². The summed E-state index contributed by atoms with van der Waals surface area (Å²) in [6.07, 6.45) is -50.2. The SMILES string of the molecule is CC(C)[PH+](CCC[PH+](C(C)C)C(C)C)C(C)C.C[NH+](C)[BH2-]c1ccccc1.FC(F)(F)c1cc([B-](c2cc(C(F)(F)F)cc(C(F)(F)F)c2)(c2cc(C(F)(F)F)cc(C(F)(F)F)c2)c2cc(C(F)(F)F)cc(C(F)(F)F)c2)cc(C(F)(F)F)c1.[Rh]. The van der Waals surface area contributed by atoms with Gasteiger partial charge in [0.05, 0.1) is 79.5 Å². The first-order chi connectivity index (χ1) is 37.8. The smallest absolute Gasteiger partial charge is 0.416 e. The normalized spacial score (nSPS) is 13.4. The van der Waals surface area contributed by atoms with Crippen LogP contribution in [0.5, 0.6) is 0 Å². The third kappa shape index (κ3) is 21.6. The zero-order valence-electron chi connectivity index (χ0n) is 47.2. The number of alkyl halides is 24. The summed E-state index contributed by atoms with van der Waals surface area (Å²) in [7, 11) is 4.27. The molecule has 5 aromatic rings. The van der Waals surface area contributed by atoms with Crippen LogP contribution in [-0.4, -0.2) is 62.6 Å². The topological polar surface area (TPSA) is 4.44 Å². The molecule has 1 N–H and O–H groups in total. The zero-order valence-corrected chi connectivity index (χ0v) is 50.9. The van der Waals surface area contributed by atoms with Gasteiger partial charge < -0.3 is 4.81 Å². The van der Waals surface area contributed by atoms with Crippen LogP contribution in [0, 0.1) is 0 Å². The Labute approximate surface area is 492 Å². The summed E-state index contributed by atoms with van der Waals surface area (Å²) >= 11 is 0. The summed E-state index contributed by atoms with van der Waals surface area (Å²) in [5, 5.41) is 0. The quantitative estimate of drug-likeness (QED) is 0.0642. The molecule has 0 unspecified atom stereocenters. The Kier molecular flexibility index (Phi) is 26.4. The molecule has 0 amide bonds. The largest absolute Gasteiger partial charge is 0.532 e. The van der Waals surface area contributed by atoms with Gasteiger partial charge in [-0.05, 0) is 79.7 Å². The fraction of sp³-hybridized carbons (Fsp3) is 0.455. The van der Waals surface area contributed by atoms with Gasteiger partial charge in [0.2, 0.25) is 7.41 Å². The van der Waals surface area contributed by atoms with Gasteiger partial charge >= 0.3 is 49.4 Å². The number of benzene rings is 5. The van der Waals surface area contributed by atoms with Crippen molar-refractivity contribution >= 4 is 56.7 Å². The maximum absolute atomic E-state index is 14.2. The fourth-order valence-corrected chi connectivity index (χ4v) is 16.8. The van der Waals surface area contributed by atoms with Crippen LogP contribution in [-0.2, 0) is 68.9 Å². The van der Waals surface area contributed by atoms with Crippen LogP contribution in [0.3, 0.4) is 0 Å². The minimum absolute atomic E-state index is 0. The van der Waals surface area contributed by atoms with Gasteiger partial charge in [-0.3, -0.25) is 0 Å². The fourth-order valence-electron chi connectivity index (χ4n) is 10.3. The van der Waals surface area contributed by atoms with Gasteiger partial charge in [0, 0.05) is 55.8 Å². The first-order valence-electron chi connectivity index (χ1n) is 26.0. The third-order valence-electron chi connectivity index (χ3n) is 14.1. The predicted octanol–water partition coefficient (Wildman–Crippen LogP) is 15.2. The first kappa shape index (κ1) is 77.1. The standard InChI is InChI=1S/C32H12BF24.C15H34P2.C8H14BN.Rh/c34-25(35,36)13-1-14(26(37,38)39)6-21(5-13)33(22-7-15(27(40,41)42)2-16(8-22)28(43,44)45,23-9-17(29(46,47)48)3-18(10-23)30(49,50)51)24-11-19(31(52,53)54)4-20(12-24)32(55,56)57;1-12(2)16(13(3)4)10-9-11-17(14(5)6)15(7)8;1-10(2)9-8-6-4-3-5-7-8;/h1-12H;12-15H,9-11H2,1-8H3;3-7,10H,9H2,1-2H3;/q-1;;;/p+2. The van der Waals surface area contributed by atoms with E-state index in [4.69, 9.17) is 0 Å². The first-order valence-corrected chi connectivity index (χ1v) is 29.7. The molecule has 1 nitrogen and oxygen atoms in total. The molecule has 0 spiro atoms. The van der Waals surface area contributed by atoms with Crippen LogP contribution < -0.4 is 32.1 Å². The van der Waals surface area contributed by atoms with E-state index in [2.05, 4.69) is 99.8 Å². The molecule has 0 heterocycles. The Bertz CT molecular complexity index is 2450. The van der Waals surface area contributed by atoms with Gasteiger partial charge in [-0.2, -0.15) is 133 Å². The molecule has 0 aliphatic heterocycles. The maximum Gasteiger partial charge on any atom is 0.416 e. The molecule has 0 fully saturated rings. The van der Waals surface area contributed by atoms with Crippen molar-refractivity contribution in [2.45, 2.75) is 134 Å². The van der Waals surface area contributed by atoms with Crippen LogP contribution >= 0.6 is 15.8 Å². The van der Waals surface area contributed by atoms with Gasteiger partial charge in [0.25, 0.3) is 0 Å². The summed E-state index contributed by atoms with van der Waals surface area (Å²) in [6.45, 7) is 19.5. The van der Waals surface area contributed by atoms with E-state index in [1.165, 1.54) is 11.9 Å². The molecular formula is C55H62B2F24NP2Rh+. The predicted molar refractivity (Wildman–Crippen MR) is 289 cm³/mol. The summed E-state index contributed by atoms with van der Waals surface area (Å²) in [5.41, 5.74) is -24.9. The second kappa shape index (κ2) is 29.1. The van der Waals surface area contributed by atoms with Gasteiger partial charge in [-0.15, -0.1) is 0 Å². The molecule has 0 aliphatic rings. The Morgan fingerprint density at radius 3 is 0.682 bits per heavy atom. The number of hydrogen-bond acceptors (Lipinski definition) is 0. The van der Waals surface area contributed by atoms with Crippen molar-refractivity contribution in [3.8, 4) is 0 Å². The minimum Gasteiger partial charge on any atom is -0.532 e. The van der Waals surface area contributed by atoms with Gasteiger partial charge in [-0.1, -0.05) is 78.9 Å². The second-order valence-electron chi connectivity index (χ2n) is 22.2. The van der Waals surface area contributed by atoms with E-state index < -0.39 is 195 Å². The average Bonchev–Trinajstić information content (AvgIpc) is 0.871. The van der Waals surface area contributed by atoms with Crippen molar-refractivity contribution in [2.75, 3.05) is 26.4 Å². The number of quaternary nitrogens is 1. The number of rotatable bonds is 14. The van der Waals surface area contributed by atoms with Crippen LogP contribution in [0.15, 0.2) is 103 Å². The van der Waals surface area contributed by atoms with Gasteiger partial charge in [0.15, 0.2) is 0 Å². The average molecular weight is 1380 g/mol. The molecule has 0 saturated carbocycles. The van der Waals surface area contributed by atoms with E-state index in [0.29, 0.717) is 0 Å². The Hall–Kier alpha value is -4.01. The van der Waals surface area contributed by atoms with Crippen molar-refractivity contribution in [3.63, 3.8) is 0 Å². The molecule has 5 rings (SSSR count). The molecule has 5 aromatic carbocycles. The molecule has 30 heteroatoms. The Morgan fingerprint density at radius 1 is 0.341 bits per heavy atom. The van der Waals surface area contributed by atoms with Crippen molar-refractivity contribution in [3.05, 3.63) is 148 Å². The van der Waals surface area contributed by atoms with E-state index in [-0.39, 0.29) is 42.7 Å². The summed E-state index contributed by atoms with van der Waals surface area (Å²) < 4.78 is 341. The van der Waals surface area contributed by atoms with Crippen molar-refractivity contribution < 1.29 is 130 Å². The molecule has 0 saturated heterocycles. The van der Waals surface area contributed by atoms with Gasteiger partial charge in [-0.25, -0.2) is 0 Å². The van der Waals surface area contributed by atoms with E-state index >= 15 is 0 Å². The molecule has 0 atom stereocenters. The molecule has 0 aliphatic carbocycles. The molecule has 1 radical (unpaired) electrons. The van der Waals surface area contributed by atoms with Crippen molar-refractivity contribution in [2.24, 2.45) is 0 Å². The molecule has 0 aromatic heterocycles. The minimum atomic E-state index is -6.13. The summed E-state index contributed by atoms with van der Waals surface area (Å²) in [6, 6.07) is 1.92. The van der Waals surface area contributed by atoms with Crippen molar-refractivity contribution in [1.82, 2.24) is 0 Å². The van der Waals surface area contributed by atoms with E-state index in [0.717, 1.165) is 22.6 Å². The number of halogens is 24. The Balaban J connectivity index is 0.000000720. The van der Waals surface area contributed by atoms with E-state index in [9.17, 15) is 105 Å². The van der Waals surface area contributed by atoms with E-state index in [1.54, 1.807) is 17.1 Å². The maximum atomic E-state index is 14.2. The molecule has 479 valence electrons. The molecule has 85 heavy (non-hydrogen) atoms. The third-order valence-corrected chi connectivity index (χ3v) is 21.9.